The zero-order valence-electron chi connectivity index (χ0n) is 40.4. The molecule has 0 rings (SSSR count). The summed E-state index contributed by atoms with van der Waals surface area (Å²) in [5, 5.41) is 9.66. The molecule has 356 valence electrons. The van der Waals surface area contributed by atoms with E-state index in [2.05, 4.69) is 13.8 Å². The minimum atomic E-state index is -1.50. The van der Waals surface area contributed by atoms with Crippen LogP contribution in [-0.4, -0.2) is 87.4 Å². The van der Waals surface area contributed by atoms with E-state index in [1.807, 2.05) is 21.1 Å². The van der Waals surface area contributed by atoms with Crippen LogP contribution < -0.4 is 0 Å². The minimum Gasteiger partial charge on any atom is -0.477 e. The largest absolute Gasteiger partial charge is 0.477 e. The molecule has 0 spiro atoms. The summed E-state index contributed by atoms with van der Waals surface area (Å²) in [6.07, 6.45) is 43.1. The summed E-state index contributed by atoms with van der Waals surface area (Å²) in [6, 6.07) is 0. The number of quaternary nitrogens is 1. The molecule has 0 aliphatic rings. The zero-order valence-corrected chi connectivity index (χ0v) is 40.4. The molecular formula is C51H100NO8+. The number of carbonyl (C=O) groups excluding carboxylic acids is 2. The van der Waals surface area contributed by atoms with E-state index in [-0.39, 0.29) is 38.2 Å². The number of carbonyl (C=O) groups is 3. The monoisotopic (exact) mass is 855 g/mol. The molecule has 9 heteroatoms. The van der Waals surface area contributed by atoms with Crippen molar-refractivity contribution in [1.29, 1.82) is 0 Å². The van der Waals surface area contributed by atoms with Gasteiger partial charge in [0.2, 0.25) is 0 Å². The molecule has 0 aliphatic heterocycles. The number of hydrogen-bond acceptors (Lipinski definition) is 7. The van der Waals surface area contributed by atoms with Gasteiger partial charge in [-0.2, -0.15) is 0 Å². The molecule has 0 fully saturated rings. The third kappa shape index (κ3) is 44.3. The number of likely N-dealkylation sites (N-methyl/N-ethyl adjacent to an activating group) is 1. The third-order valence-electron chi connectivity index (χ3n) is 11.6. The van der Waals surface area contributed by atoms with Crippen molar-refractivity contribution in [3.05, 3.63) is 0 Å². The molecule has 2 unspecified atom stereocenters. The average molecular weight is 855 g/mol. The highest BCUT2D eigenvalue weighted by atomic mass is 16.7. The first-order chi connectivity index (χ1) is 29.1. The van der Waals surface area contributed by atoms with Gasteiger partial charge in [0.1, 0.15) is 13.2 Å². The average Bonchev–Trinajstić information content (AvgIpc) is 3.21. The number of esters is 2. The maximum atomic E-state index is 12.8. The van der Waals surface area contributed by atoms with Crippen LogP contribution in [0.2, 0.25) is 0 Å². The second-order valence-electron chi connectivity index (χ2n) is 18.9. The Balaban J connectivity index is 4.24. The fourth-order valence-electron chi connectivity index (χ4n) is 7.60. The number of hydrogen-bond donors (Lipinski definition) is 1. The van der Waals surface area contributed by atoms with E-state index in [0.29, 0.717) is 17.4 Å². The van der Waals surface area contributed by atoms with Gasteiger partial charge in [-0.25, -0.2) is 4.79 Å². The lowest BCUT2D eigenvalue weighted by atomic mass is 10.0. The fraction of sp³-hybridized carbons (Fsp3) is 0.941. The van der Waals surface area contributed by atoms with Crippen molar-refractivity contribution in [2.45, 2.75) is 264 Å². The number of unbranched alkanes of at least 4 members (excludes halogenated alkanes) is 33. The van der Waals surface area contributed by atoms with Gasteiger partial charge in [-0.05, 0) is 12.8 Å². The lowest BCUT2D eigenvalue weighted by molar-refractivity contribution is -0.870. The summed E-state index contributed by atoms with van der Waals surface area (Å²) in [4.78, 5) is 37.2. The van der Waals surface area contributed by atoms with Crippen molar-refractivity contribution in [3.8, 4) is 0 Å². The predicted octanol–water partition coefficient (Wildman–Crippen LogP) is 14.1. The molecule has 0 aromatic rings. The predicted molar refractivity (Wildman–Crippen MR) is 249 cm³/mol. The standard InChI is InChI=1S/C51H99NO8/c1-6-8-10-12-14-16-18-20-21-22-23-24-25-26-27-28-30-32-34-36-38-40-42-49(54)60-47(46-59-51(50(55)56)57-44-43-52(3,4)5)45-58-48(53)41-39-37-35-33-31-29-19-17-15-13-11-9-7-2/h47,51H,6-46H2,1-5H3/p+1. The van der Waals surface area contributed by atoms with Gasteiger partial charge in [-0.15, -0.1) is 0 Å². The van der Waals surface area contributed by atoms with Crippen molar-refractivity contribution in [1.82, 2.24) is 0 Å². The van der Waals surface area contributed by atoms with E-state index in [0.717, 1.165) is 38.5 Å². The van der Waals surface area contributed by atoms with Gasteiger partial charge in [0, 0.05) is 12.8 Å². The molecule has 0 radical (unpaired) electrons. The summed E-state index contributed by atoms with van der Waals surface area (Å²) < 4.78 is 22.8. The van der Waals surface area contributed by atoms with E-state index < -0.39 is 18.4 Å². The van der Waals surface area contributed by atoms with Crippen LogP contribution in [0.25, 0.3) is 0 Å². The van der Waals surface area contributed by atoms with Crippen LogP contribution in [0.15, 0.2) is 0 Å². The number of carboxylic acids is 1. The molecule has 0 aliphatic carbocycles. The molecule has 0 amide bonds. The number of nitrogens with zero attached hydrogens (tertiary/aromatic N) is 1. The number of ether oxygens (including phenoxy) is 4. The van der Waals surface area contributed by atoms with Crippen molar-refractivity contribution in [3.63, 3.8) is 0 Å². The summed E-state index contributed by atoms with van der Waals surface area (Å²) in [7, 11) is 5.97. The van der Waals surface area contributed by atoms with Gasteiger partial charge in [-0.1, -0.05) is 226 Å². The van der Waals surface area contributed by atoms with E-state index >= 15 is 0 Å². The van der Waals surface area contributed by atoms with Gasteiger partial charge in [-0.3, -0.25) is 9.59 Å². The molecule has 0 saturated heterocycles. The Morgan fingerprint density at radius 2 is 0.750 bits per heavy atom. The molecule has 0 saturated carbocycles. The number of aliphatic carboxylic acids is 1. The van der Waals surface area contributed by atoms with Crippen LogP contribution in [0.5, 0.6) is 0 Å². The topological polar surface area (TPSA) is 108 Å². The molecule has 2 atom stereocenters. The molecule has 0 aromatic carbocycles. The van der Waals surface area contributed by atoms with Crippen molar-refractivity contribution >= 4 is 17.9 Å². The van der Waals surface area contributed by atoms with Crippen LogP contribution >= 0.6 is 0 Å². The molecule has 9 nitrogen and oxygen atoms in total. The summed E-state index contributed by atoms with van der Waals surface area (Å²) >= 11 is 0. The Kier molecular flexibility index (Phi) is 42.7. The molecule has 0 heterocycles. The first kappa shape index (κ1) is 58.3. The minimum absolute atomic E-state index is 0.173. The van der Waals surface area contributed by atoms with E-state index in [1.54, 1.807) is 0 Å². The lowest BCUT2D eigenvalue weighted by Crippen LogP contribution is -2.40. The van der Waals surface area contributed by atoms with Crippen LogP contribution in [0.3, 0.4) is 0 Å². The third-order valence-corrected chi connectivity index (χ3v) is 11.6. The first-order valence-corrected chi connectivity index (χ1v) is 25.7. The normalized spacial score (nSPS) is 12.8. The Morgan fingerprint density at radius 1 is 0.433 bits per heavy atom. The molecular weight excluding hydrogens is 755 g/mol. The quantitative estimate of drug-likeness (QED) is 0.0279. The van der Waals surface area contributed by atoms with Gasteiger partial charge in [0.25, 0.3) is 6.29 Å². The van der Waals surface area contributed by atoms with Crippen LogP contribution in [0.1, 0.15) is 251 Å². The smallest absolute Gasteiger partial charge is 0.361 e. The summed E-state index contributed by atoms with van der Waals surface area (Å²) in [5.74, 6) is -1.98. The molecule has 60 heavy (non-hydrogen) atoms. The van der Waals surface area contributed by atoms with Crippen LogP contribution in [0, 0.1) is 0 Å². The summed E-state index contributed by atoms with van der Waals surface area (Å²) in [6.45, 7) is 4.92. The molecule has 1 N–H and O–H groups in total. The number of rotatable bonds is 48. The highest BCUT2D eigenvalue weighted by Gasteiger charge is 2.25. The Labute approximate surface area is 371 Å². The van der Waals surface area contributed by atoms with E-state index in [4.69, 9.17) is 18.9 Å². The van der Waals surface area contributed by atoms with Crippen LogP contribution in [-0.2, 0) is 33.3 Å². The molecule has 0 aromatic heterocycles. The van der Waals surface area contributed by atoms with E-state index in [9.17, 15) is 19.5 Å². The maximum absolute atomic E-state index is 12.8. The van der Waals surface area contributed by atoms with Crippen molar-refractivity contribution < 1.29 is 42.9 Å². The Hall–Kier alpha value is -1.71. The second-order valence-corrected chi connectivity index (χ2v) is 18.9. The highest BCUT2D eigenvalue weighted by Crippen LogP contribution is 2.17. The first-order valence-electron chi connectivity index (χ1n) is 25.7. The van der Waals surface area contributed by atoms with Gasteiger partial charge < -0.3 is 28.5 Å². The van der Waals surface area contributed by atoms with Gasteiger partial charge >= 0.3 is 17.9 Å². The maximum Gasteiger partial charge on any atom is 0.361 e. The fourth-order valence-corrected chi connectivity index (χ4v) is 7.60. The highest BCUT2D eigenvalue weighted by molar-refractivity contribution is 5.71. The second kappa shape index (κ2) is 43.9. The number of carboxylic acid groups (broad SMARTS) is 1. The zero-order chi connectivity index (χ0) is 44.2. The Morgan fingerprint density at radius 3 is 1.07 bits per heavy atom. The van der Waals surface area contributed by atoms with Gasteiger partial charge in [0.05, 0.1) is 34.4 Å². The molecule has 0 bridgehead atoms. The Bertz CT molecular complexity index is 954. The summed E-state index contributed by atoms with van der Waals surface area (Å²) in [5.41, 5.74) is 0. The lowest BCUT2D eigenvalue weighted by Gasteiger charge is -2.25. The SMILES string of the molecule is CCCCCCCCCCCCCCCCCCCCCCCCC(=O)OC(COC(=O)CCCCCCCCCCCCCCC)COC(OCC[N+](C)(C)C)C(=O)O. The van der Waals surface area contributed by atoms with Crippen molar-refractivity contribution in [2.75, 3.05) is 47.5 Å². The van der Waals surface area contributed by atoms with Crippen molar-refractivity contribution in [2.24, 2.45) is 0 Å². The van der Waals surface area contributed by atoms with Crippen LogP contribution in [0.4, 0.5) is 0 Å². The van der Waals surface area contributed by atoms with Gasteiger partial charge in [0.15, 0.2) is 6.10 Å². The van der Waals surface area contributed by atoms with E-state index in [1.165, 1.54) is 186 Å².